The summed E-state index contributed by atoms with van der Waals surface area (Å²) in [5, 5.41) is 2.41. The maximum Gasteiger partial charge on any atom is 0.120 e. The van der Waals surface area contributed by atoms with Crippen LogP contribution in [-0.4, -0.2) is 12.7 Å². The van der Waals surface area contributed by atoms with E-state index < -0.39 is 0 Å². The Bertz CT molecular complexity index is 556. The van der Waals surface area contributed by atoms with E-state index in [1.54, 1.807) is 0 Å². The Kier molecular flexibility index (Phi) is 3.58. The standard InChI is InChI=1S/C17H20O2/c1-2-18-16-9-7-13-8-10-17(12-14(13)11-16)19-15-5-3-4-6-15/h7-12,15H,2-6H2,1H3. The van der Waals surface area contributed by atoms with Gasteiger partial charge < -0.3 is 9.47 Å². The Labute approximate surface area is 114 Å². The molecule has 0 unspecified atom stereocenters. The Balaban J connectivity index is 1.85. The molecule has 100 valence electrons. The van der Waals surface area contributed by atoms with E-state index >= 15 is 0 Å². The molecule has 19 heavy (non-hydrogen) atoms. The topological polar surface area (TPSA) is 18.5 Å². The van der Waals surface area contributed by atoms with Crippen molar-refractivity contribution in [1.29, 1.82) is 0 Å². The van der Waals surface area contributed by atoms with Crippen molar-refractivity contribution in [3.63, 3.8) is 0 Å². The van der Waals surface area contributed by atoms with Crippen molar-refractivity contribution in [3.05, 3.63) is 36.4 Å². The van der Waals surface area contributed by atoms with E-state index in [2.05, 4.69) is 30.3 Å². The van der Waals surface area contributed by atoms with Crippen molar-refractivity contribution in [2.45, 2.75) is 38.7 Å². The number of ether oxygens (including phenoxy) is 2. The van der Waals surface area contributed by atoms with Gasteiger partial charge in [-0.2, -0.15) is 0 Å². The largest absolute Gasteiger partial charge is 0.494 e. The lowest BCUT2D eigenvalue weighted by Gasteiger charge is -2.13. The minimum absolute atomic E-state index is 0.410. The highest BCUT2D eigenvalue weighted by atomic mass is 16.5. The van der Waals surface area contributed by atoms with Gasteiger partial charge in [0.2, 0.25) is 0 Å². The molecular weight excluding hydrogens is 236 g/mol. The van der Waals surface area contributed by atoms with Crippen molar-refractivity contribution >= 4 is 10.8 Å². The molecule has 2 heteroatoms. The lowest BCUT2D eigenvalue weighted by molar-refractivity contribution is 0.210. The minimum atomic E-state index is 0.410. The highest BCUT2D eigenvalue weighted by Gasteiger charge is 2.16. The lowest BCUT2D eigenvalue weighted by atomic mass is 10.1. The summed E-state index contributed by atoms with van der Waals surface area (Å²) >= 11 is 0. The van der Waals surface area contributed by atoms with Gasteiger partial charge in [0.1, 0.15) is 11.5 Å². The minimum Gasteiger partial charge on any atom is -0.494 e. The van der Waals surface area contributed by atoms with Crippen LogP contribution in [0.15, 0.2) is 36.4 Å². The number of fused-ring (bicyclic) bond motifs is 1. The zero-order valence-corrected chi connectivity index (χ0v) is 11.4. The second-order valence-corrected chi connectivity index (χ2v) is 5.13. The average molecular weight is 256 g/mol. The molecular formula is C17H20O2. The first-order chi connectivity index (χ1) is 9.35. The van der Waals surface area contributed by atoms with Gasteiger partial charge in [-0.1, -0.05) is 12.1 Å². The zero-order chi connectivity index (χ0) is 13.1. The number of hydrogen-bond donors (Lipinski definition) is 0. The average Bonchev–Trinajstić information content (AvgIpc) is 2.92. The van der Waals surface area contributed by atoms with Crippen molar-refractivity contribution in [1.82, 2.24) is 0 Å². The molecule has 0 amide bonds. The van der Waals surface area contributed by atoms with Crippen LogP contribution in [-0.2, 0) is 0 Å². The predicted molar refractivity (Wildman–Crippen MR) is 78.0 cm³/mol. The Morgan fingerprint density at radius 3 is 2.37 bits per heavy atom. The van der Waals surface area contributed by atoms with Crippen LogP contribution in [0, 0.1) is 0 Å². The van der Waals surface area contributed by atoms with Gasteiger partial charge in [0.15, 0.2) is 0 Å². The summed E-state index contributed by atoms with van der Waals surface area (Å²) < 4.78 is 11.6. The van der Waals surface area contributed by atoms with Crippen LogP contribution < -0.4 is 9.47 Å². The Hall–Kier alpha value is -1.70. The number of hydrogen-bond acceptors (Lipinski definition) is 2. The molecule has 1 aliphatic carbocycles. The van der Waals surface area contributed by atoms with Gasteiger partial charge in [-0.25, -0.2) is 0 Å². The van der Waals surface area contributed by atoms with Gasteiger partial charge in [-0.3, -0.25) is 0 Å². The molecule has 0 bridgehead atoms. The van der Waals surface area contributed by atoms with E-state index in [0.717, 1.165) is 11.5 Å². The van der Waals surface area contributed by atoms with Crippen molar-refractivity contribution < 1.29 is 9.47 Å². The lowest BCUT2D eigenvalue weighted by Crippen LogP contribution is -2.10. The first-order valence-electron chi connectivity index (χ1n) is 7.18. The van der Waals surface area contributed by atoms with Gasteiger partial charge >= 0.3 is 0 Å². The van der Waals surface area contributed by atoms with Crippen molar-refractivity contribution in [2.75, 3.05) is 6.61 Å². The Morgan fingerprint density at radius 2 is 1.63 bits per heavy atom. The highest BCUT2D eigenvalue weighted by molar-refractivity contribution is 5.85. The quantitative estimate of drug-likeness (QED) is 0.798. The Morgan fingerprint density at radius 1 is 0.947 bits per heavy atom. The first-order valence-corrected chi connectivity index (χ1v) is 7.18. The number of rotatable bonds is 4. The molecule has 0 heterocycles. The van der Waals surface area contributed by atoms with Gasteiger partial charge in [0, 0.05) is 0 Å². The fourth-order valence-electron chi connectivity index (χ4n) is 2.73. The molecule has 0 saturated heterocycles. The van der Waals surface area contributed by atoms with E-state index in [9.17, 15) is 0 Å². The van der Waals surface area contributed by atoms with E-state index in [1.165, 1.54) is 36.5 Å². The first kappa shape index (κ1) is 12.3. The summed E-state index contributed by atoms with van der Waals surface area (Å²) in [5.41, 5.74) is 0. The second kappa shape index (κ2) is 5.52. The maximum absolute atomic E-state index is 6.04. The molecule has 3 rings (SSSR count). The summed E-state index contributed by atoms with van der Waals surface area (Å²) in [5.74, 6) is 1.90. The molecule has 2 aromatic rings. The third-order valence-electron chi connectivity index (χ3n) is 3.70. The molecule has 1 aliphatic rings. The molecule has 0 radical (unpaired) electrons. The van der Waals surface area contributed by atoms with Crippen LogP contribution in [0.1, 0.15) is 32.6 Å². The molecule has 0 N–H and O–H groups in total. The van der Waals surface area contributed by atoms with Gasteiger partial charge in [0.25, 0.3) is 0 Å². The SMILES string of the molecule is CCOc1ccc2ccc(OC3CCCC3)cc2c1. The summed E-state index contributed by atoms with van der Waals surface area (Å²) in [4.78, 5) is 0. The fourth-order valence-corrected chi connectivity index (χ4v) is 2.73. The van der Waals surface area contributed by atoms with Gasteiger partial charge in [-0.05, 0) is 67.6 Å². The van der Waals surface area contributed by atoms with E-state index in [4.69, 9.17) is 9.47 Å². The van der Waals surface area contributed by atoms with Crippen molar-refractivity contribution in [2.24, 2.45) is 0 Å². The molecule has 2 nitrogen and oxygen atoms in total. The summed E-state index contributed by atoms with van der Waals surface area (Å²) in [6, 6.07) is 12.5. The molecule has 0 aliphatic heterocycles. The third-order valence-corrected chi connectivity index (χ3v) is 3.70. The van der Waals surface area contributed by atoms with Crippen LogP contribution >= 0.6 is 0 Å². The molecule has 2 aromatic carbocycles. The third kappa shape index (κ3) is 2.83. The van der Waals surface area contributed by atoms with Gasteiger partial charge in [0.05, 0.1) is 12.7 Å². The maximum atomic E-state index is 6.04. The molecule has 1 fully saturated rings. The van der Waals surface area contributed by atoms with Gasteiger partial charge in [-0.15, -0.1) is 0 Å². The van der Waals surface area contributed by atoms with Crippen LogP contribution in [0.4, 0.5) is 0 Å². The normalized spacial score (nSPS) is 15.8. The van der Waals surface area contributed by atoms with Crippen molar-refractivity contribution in [3.8, 4) is 11.5 Å². The summed E-state index contributed by atoms with van der Waals surface area (Å²) in [6.45, 7) is 2.70. The summed E-state index contributed by atoms with van der Waals surface area (Å²) in [6.07, 6.45) is 5.39. The second-order valence-electron chi connectivity index (χ2n) is 5.13. The number of benzene rings is 2. The molecule has 1 saturated carbocycles. The predicted octanol–water partition coefficient (Wildman–Crippen LogP) is 4.56. The van der Waals surface area contributed by atoms with Crippen LogP contribution in [0.3, 0.4) is 0 Å². The van der Waals surface area contributed by atoms with Crippen LogP contribution in [0.25, 0.3) is 10.8 Å². The molecule has 0 aromatic heterocycles. The van der Waals surface area contributed by atoms with E-state index in [1.807, 2.05) is 13.0 Å². The molecule has 0 atom stereocenters. The van der Waals surface area contributed by atoms with E-state index in [0.29, 0.717) is 12.7 Å². The van der Waals surface area contributed by atoms with Crippen LogP contribution in [0.5, 0.6) is 11.5 Å². The monoisotopic (exact) mass is 256 g/mol. The van der Waals surface area contributed by atoms with Crippen LogP contribution in [0.2, 0.25) is 0 Å². The summed E-state index contributed by atoms with van der Waals surface area (Å²) in [7, 11) is 0. The smallest absolute Gasteiger partial charge is 0.120 e. The van der Waals surface area contributed by atoms with E-state index in [-0.39, 0.29) is 0 Å². The highest BCUT2D eigenvalue weighted by Crippen LogP contribution is 2.28. The fraction of sp³-hybridized carbons (Fsp3) is 0.412. The molecule has 0 spiro atoms. The zero-order valence-electron chi connectivity index (χ0n) is 11.4.